The number of carbonyl (C=O) groups excluding carboxylic acids is 3. The molecule has 4 heterocycles. The predicted molar refractivity (Wildman–Crippen MR) is 166 cm³/mol. The molecule has 3 fully saturated rings. The van der Waals surface area contributed by atoms with Crippen molar-refractivity contribution < 1.29 is 33.4 Å². The maximum Gasteiger partial charge on any atom is 0.255 e. The van der Waals surface area contributed by atoms with Crippen molar-refractivity contribution in [3.05, 3.63) is 70.7 Å². The molecule has 11 heteroatoms. The minimum atomic E-state index is -0.666. The zero-order valence-corrected chi connectivity index (χ0v) is 25.9. The molecule has 7 rings (SSSR count). The molecule has 2 saturated heterocycles. The molecular formula is C35H39FN4O6. The number of piperidine rings is 1. The SMILES string of the molecule is COC[C@@H]1CN(Cc2cc(F)c3nc(C4CCC(O)CC4)ccc3c2)C[C@H]1Oc1ccc2c(c1)CN([C@H]1CCC(=O)NC1=O)C2=O. The third-order valence-corrected chi connectivity index (χ3v) is 9.97. The van der Waals surface area contributed by atoms with Crippen molar-refractivity contribution in [3.8, 4) is 5.75 Å². The van der Waals surface area contributed by atoms with Crippen LogP contribution in [-0.4, -0.2) is 82.7 Å². The number of methoxy groups -OCH3 is 1. The summed E-state index contributed by atoms with van der Waals surface area (Å²) in [5.74, 6) is -0.324. The second-order valence-electron chi connectivity index (χ2n) is 13.2. The van der Waals surface area contributed by atoms with Crippen LogP contribution in [0.2, 0.25) is 0 Å². The molecule has 10 nitrogen and oxygen atoms in total. The smallest absolute Gasteiger partial charge is 0.255 e. The van der Waals surface area contributed by atoms with Crippen LogP contribution in [0, 0.1) is 11.7 Å². The van der Waals surface area contributed by atoms with Gasteiger partial charge in [0.25, 0.3) is 5.91 Å². The van der Waals surface area contributed by atoms with Gasteiger partial charge in [-0.2, -0.15) is 0 Å². The van der Waals surface area contributed by atoms with E-state index in [9.17, 15) is 19.5 Å². The van der Waals surface area contributed by atoms with E-state index < -0.39 is 11.9 Å². The largest absolute Gasteiger partial charge is 0.489 e. The molecular weight excluding hydrogens is 591 g/mol. The van der Waals surface area contributed by atoms with Crippen molar-refractivity contribution in [1.82, 2.24) is 20.1 Å². The Morgan fingerprint density at radius 3 is 2.63 bits per heavy atom. The zero-order chi connectivity index (χ0) is 31.9. The fourth-order valence-corrected chi connectivity index (χ4v) is 7.58. The second-order valence-corrected chi connectivity index (χ2v) is 13.2. The molecule has 242 valence electrons. The first-order valence-electron chi connectivity index (χ1n) is 16.2. The Balaban J connectivity index is 1.02. The number of nitrogens with zero attached hydrogens (tertiary/aromatic N) is 3. The van der Waals surface area contributed by atoms with E-state index in [0.717, 1.165) is 54.4 Å². The van der Waals surface area contributed by atoms with Gasteiger partial charge in [-0.25, -0.2) is 9.37 Å². The molecule has 2 N–H and O–H groups in total. The third-order valence-electron chi connectivity index (χ3n) is 9.97. The van der Waals surface area contributed by atoms with E-state index in [0.29, 0.717) is 42.9 Å². The number of nitrogens with one attached hydrogen (secondary N) is 1. The van der Waals surface area contributed by atoms with E-state index in [2.05, 4.69) is 10.2 Å². The number of ether oxygens (including phenoxy) is 2. The maximum atomic E-state index is 15.4. The number of benzene rings is 2. The summed E-state index contributed by atoms with van der Waals surface area (Å²) in [7, 11) is 1.67. The van der Waals surface area contributed by atoms with Crippen LogP contribution in [0.15, 0.2) is 42.5 Å². The fourth-order valence-electron chi connectivity index (χ4n) is 7.58. The molecule has 0 spiro atoms. The van der Waals surface area contributed by atoms with Crippen molar-refractivity contribution in [1.29, 1.82) is 0 Å². The van der Waals surface area contributed by atoms with Crippen LogP contribution in [0.3, 0.4) is 0 Å². The van der Waals surface area contributed by atoms with Crippen LogP contribution >= 0.6 is 0 Å². The maximum absolute atomic E-state index is 15.4. The Morgan fingerprint density at radius 2 is 1.85 bits per heavy atom. The first-order valence-corrected chi connectivity index (χ1v) is 16.2. The number of amides is 3. The highest BCUT2D eigenvalue weighted by Gasteiger charge is 2.40. The van der Waals surface area contributed by atoms with Gasteiger partial charge in [-0.3, -0.25) is 24.6 Å². The standard InChI is InChI=1S/C35H39FN4O6/c1-45-19-24-16-39(15-20-12-22-4-9-29(37-33(22)28(36)13-20)21-2-5-25(41)6-3-21)18-31(24)46-26-7-8-27-23(14-26)17-40(35(27)44)30-10-11-32(42)38-34(30)43/h4,7-9,12-14,21,24-25,30-31,41H,2-3,5-6,10-11,15-19H2,1H3,(H,38,42,43)/t21?,24-,25?,30-,31+/m0/s1. The van der Waals surface area contributed by atoms with Gasteiger partial charge < -0.3 is 19.5 Å². The Bertz CT molecular complexity index is 1670. The molecule has 0 bridgehead atoms. The first kappa shape index (κ1) is 30.7. The molecule has 0 radical (unpaired) electrons. The number of imide groups is 1. The van der Waals surface area contributed by atoms with E-state index >= 15 is 4.39 Å². The topological polar surface area (TPSA) is 121 Å². The number of carbonyl (C=O) groups is 3. The molecule has 2 aromatic carbocycles. The summed E-state index contributed by atoms with van der Waals surface area (Å²) in [4.78, 5) is 45.6. The summed E-state index contributed by atoms with van der Waals surface area (Å²) in [6.45, 7) is 2.68. The Hall–Kier alpha value is -3.93. The zero-order valence-electron chi connectivity index (χ0n) is 25.9. The van der Waals surface area contributed by atoms with Gasteiger partial charge in [-0.15, -0.1) is 0 Å². The number of aromatic nitrogens is 1. The second kappa shape index (κ2) is 12.7. The molecule has 3 atom stereocenters. The molecule has 0 unspecified atom stereocenters. The molecule has 3 amide bonds. The number of hydrogen-bond donors (Lipinski definition) is 2. The van der Waals surface area contributed by atoms with Crippen LogP contribution in [0.25, 0.3) is 10.9 Å². The monoisotopic (exact) mass is 630 g/mol. The molecule has 4 aliphatic rings. The summed E-state index contributed by atoms with van der Waals surface area (Å²) < 4.78 is 27.4. The molecule has 1 aliphatic carbocycles. The van der Waals surface area contributed by atoms with Crippen LogP contribution in [0.1, 0.15) is 71.6 Å². The van der Waals surface area contributed by atoms with Crippen LogP contribution < -0.4 is 10.1 Å². The van der Waals surface area contributed by atoms with Gasteiger partial charge in [0.1, 0.15) is 29.2 Å². The van der Waals surface area contributed by atoms with Gasteiger partial charge in [0.15, 0.2) is 0 Å². The number of hydrogen-bond acceptors (Lipinski definition) is 8. The summed E-state index contributed by atoms with van der Waals surface area (Å²) in [5, 5.41) is 13.0. The van der Waals surface area contributed by atoms with E-state index in [1.165, 1.54) is 4.90 Å². The van der Waals surface area contributed by atoms with Gasteiger partial charge >= 0.3 is 0 Å². The van der Waals surface area contributed by atoms with Gasteiger partial charge in [0.2, 0.25) is 11.8 Å². The van der Waals surface area contributed by atoms with Crippen molar-refractivity contribution >= 4 is 28.6 Å². The number of likely N-dealkylation sites (tertiary alicyclic amines) is 1. The normalized spacial score (nSPS) is 26.9. The van der Waals surface area contributed by atoms with E-state index in [4.69, 9.17) is 14.5 Å². The van der Waals surface area contributed by atoms with Gasteiger partial charge in [0, 0.05) is 68.2 Å². The van der Waals surface area contributed by atoms with Crippen LogP contribution in [-0.2, 0) is 27.4 Å². The third kappa shape index (κ3) is 6.11. The van der Waals surface area contributed by atoms with Crippen LogP contribution in [0.5, 0.6) is 5.75 Å². The number of aliphatic hydroxyl groups is 1. The number of halogens is 1. The minimum absolute atomic E-state index is 0.0865. The summed E-state index contributed by atoms with van der Waals surface area (Å²) >= 11 is 0. The minimum Gasteiger partial charge on any atom is -0.489 e. The molecule has 46 heavy (non-hydrogen) atoms. The Morgan fingerprint density at radius 1 is 1.02 bits per heavy atom. The number of rotatable bonds is 8. The van der Waals surface area contributed by atoms with Crippen molar-refractivity contribution in [2.24, 2.45) is 5.92 Å². The highest BCUT2D eigenvalue weighted by atomic mass is 19.1. The highest BCUT2D eigenvalue weighted by Crippen LogP contribution is 2.35. The molecule has 1 saturated carbocycles. The number of pyridine rings is 1. The Labute approximate surface area is 266 Å². The summed E-state index contributed by atoms with van der Waals surface area (Å²) in [6, 6.07) is 12.3. The lowest BCUT2D eigenvalue weighted by Gasteiger charge is -2.29. The predicted octanol–water partition coefficient (Wildman–Crippen LogP) is 3.68. The Kier molecular flexibility index (Phi) is 8.48. The molecule has 1 aromatic heterocycles. The highest BCUT2D eigenvalue weighted by molar-refractivity contribution is 6.05. The number of aliphatic hydroxyl groups excluding tert-OH is 1. The lowest BCUT2D eigenvalue weighted by molar-refractivity contribution is -0.136. The average molecular weight is 631 g/mol. The van der Waals surface area contributed by atoms with Gasteiger partial charge in [0.05, 0.1) is 12.7 Å². The van der Waals surface area contributed by atoms with Crippen molar-refractivity contribution in [3.63, 3.8) is 0 Å². The lowest BCUT2D eigenvalue weighted by Crippen LogP contribution is -2.52. The average Bonchev–Trinajstić information content (AvgIpc) is 3.56. The van der Waals surface area contributed by atoms with Crippen molar-refractivity contribution in [2.75, 3.05) is 26.8 Å². The van der Waals surface area contributed by atoms with E-state index in [1.54, 1.807) is 25.3 Å². The summed E-state index contributed by atoms with van der Waals surface area (Å²) in [5.41, 5.74) is 3.47. The van der Waals surface area contributed by atoms with Gasteiger partial charge in [-0.1, -0.05) is 6.07 Å². The first-order chi connectivity index (χ1) is 22.2. The van der Waals surface area contributed by atoms with E-state index in [-0.39, 0.29) is 54.6 Å². The van der Waals surface area contributed by atoms with Crippen LogP contribution in [0.4, 0.5) is 4.39 Å². The summed E-state index contributed by atoms with van der Waals surface area (Å²) in [6.07, 6.45) is 3.35. The lowest BCUT2D eigenvalue weighted by atomic mass is 9.85. The van der Waals surface area contributed by atoms with Crippen molar-refractivity contribution in [2.45, 2.75) is 75.8 Å². The number of fused-ring (bicyclic) bond motifs is 2. The molecule has 3 aromatic rings. The molecule has 3 aliphatic heterocycles. The van der Waals surface area contributed by atoms with Gasteiger partial charge in [-0.05, 0) is 79.6 Å². The quantitative estimate of drug-likeness (QED) is 0.362. The fraction of sp³-hybridized carbons (Fsp3) is 0.486. The van der Waals surface area contributed by atoms with E-state index in [1.807, 2.05) is 24.3 Å².